The molecule has 1 amide bonds. The van der Waals surface area contributed by atoms with E-state index in [2.05, 4.69) is 38.1 Å². The van der Waals surface area contributed by atoms with Crippen molar-refractivity contribution in [2.75, 3.05) is 57.6 Å². The van der Waals surface area contributed by atoms with Gasteiger partial charge in [-0.1, -0.05) is 41.9 Å². The molecular weight excluding hydrogens is 647 g/mol. The average Bonchev–Trinajstić information content (AvgIpc) is 3.78. The van der Waals surface area contributed by atoms with Crippen molar-refractivity contribution in [2.45, 2.75) is 45.1 Å². The Morgan fingerprint density at radius 3 is 2.50 bits per heavy atom. The Kier molecular flexibility index (Phi) is 10.7. The van der Waals surface area contributed by atoms with Crippen LogP contribution >= 0.6 is 23.2 Å². The lowest BCUT2D eigenvalue weighted by atomic mass is 10.0. The molecule has 252 valence electrons. The van der Waals surface area contributed by atoms with Gasteiger partial charge in [0.25, 0.3) is 0 Å². The molecule has 2 aliphatic rings. The van der Waals surface area contributed by atoms with Gasteiger partial charge in [0.15, 0.2) is 0 Å². The normalized spacial score (nSPS) is 16.7. The van der Waals surface area contributed by atoms with Crippen molar-refractivity contribution in [2.24, 2.45) is 0 Å². The second kappa shape index (κ2) is 15.1. The zero-order valence-corrected chi connectivity index (χ0v) is 29.3. The van der Waals surface area contributed by atoms with E-state index in [1.165, 1.54) is 57.0 Å². The highest BCUT2D eigenvalue weighted by molar-refractivity contribution is 6.41. The minimum atomic E-state index is -0.279. The first-order valence-electron chi connectivity index (χ1n) is 16.5. The van der Waals surface area contributed by atoms with Gasteiger partial charge in [-0.2, -0.15) is 0 Å². The lowest BCUT2D eigenvalue weighted by molar-refractivity contribution is -0.111. The predicted molar refractivity (Wildman–Crippen MR) is 195 cm³/mol. The van der Waals surface area contributed by atoms with Crippen molar-refractivity contribution < 1.29 is 14.3 Å². The zero-order chi connectivity index (χ0) is 33.8. The molecule has 11 heteroatoms. The summed E-state index contributed by atoms with van der Waals surface area (Å²) in [5.41, 5.74) is 5.65. The summed E-state index contributed by atoms with van der Waals surface area (Å²) in [5, 5.41) is 7.93. The van der Waals surface area contributed by atoms with E-state index in [4.69, 9.17) is 37.7 Å². The molecule has 1 unspecified atom stereocenters. The van der Waals surface area contributed by atoms with Crippen molar-refractivity contribution in [3.8, 4) is 22.6 Å². The van der Waals surface area contributed by atoms with Crippen LogP contribution in [0, 0.1) is 6.92 Å². The standard InChI is InChI=1S/C37H42Cl2N6O3/c1-5-32(46)41-29-18-24(12-16-45-15-8-9-27(45)22-44-13-6-7-14-44)17-23(2)36(29)43-37-40-21-26-19-25(10-11-28(26)42-37)33-34(38)30(47-3)20-31(48-4)35(33)39/h5,10-11,17-21,27H,1,6-9,12-16,22H2,2-4H3,(H,41,46)(H,40,42,43). The van der Waals surface area contributed by atoms with Gasteiger partial charge in [0.2, 0.25) is 11.9 Å². The summed E-state index contributed by atoms with van der Waals surface area (Å²) in [6, 6.07) is 12.2. The predicted octanol–water partition coefficient (Wildman–Crippen LogP) is 7.90. The number of nitrogens with zero attached hydrogens (tertiary/aromatic N) is 4. The molecule has 6 rings (SSSR count). The summed E-state index contributed by atoms with van der Waals surface area (Å²) in [4.78, 5) is 27.2. The van der Waals surface area contributed by atoms with Gasteiger partial charge in [-0.3, -0.25) is 9.69 Å². The first kappa shape index (κ1) is 34.0. The number of hydrogen-bond donors (Lipinski definition) is 2. The molecule has 0 radical (unpaired) electrons. The SMILES string of the molecule is C=CC(=O)Nc1cc(CCN2CCCC2CN2CCCC2)cc(C)c1Nc1ncc2cc(-c3c(Cl)c(OC)cc(OC)c3Cl)ccc2n1. The van der Waals surface area contributed by atoms with Crippen LogP contribution in [0.3, 0.4) is 0 Å². The van der Waals surface area contributed by atoms with Crippen LogP contribution in [0.25, 0.3) is 22.0 Å². The molecule has 0 bridgehead atoms. The Bertz CT molecular complexity index is 1800. The van der Waals surface area contributed by atoms with Crippen LogP contribution < -0.4 is 20.1 Å². The van der Waals surface area contributed by atoms with E-state index in [9.17, 15) is 4.79 Å². The molecule has 3 aromatic carbocycles. The van der Waals surface area contributed by atoms with E-state index < -0.39 is 0 Å². The van der Waals surface area contributed by atoms with Gasteiger partial charge in [-0.05, 0) is 99.6 Å². The van der Waals surface area contributed by atoms with Crippen LogP contribution in [0.2, 0.25) is 10.0 Å². The highest BCUT2D eigenvalue weighted by Crippen LogP contribution is 2.46. The highest BCUT2D eigenvalue weighted by Gasteiger charge is 2.27. The van der Waals surface area contributed by atoms with Gasteiger partial charge in [-0.15, -0.1) is 0 Å². The van der Waals surface area contributed by atoms with Crippen LogP contribution in [0.15, 0.2) is 55.3 Å². The third kappa shape index (κ3) is 7.39. The lowest BCUT2D eigenvalue weighted by Gasteiger charge is -2.28. The molecule has 0 spiro atoms. The van der Waals surface area contributed by atoms with E-state index >= 15 is 0 Å². The maximum atomic E-state index is 12.5. The maximum absolute atomic E-state index is 12.5. The molecule has 2 fully saturated rings. The first-order chi connectivity index (χ1) is 23.3. The number of carbonyl (C=O) groups excluding carboxylic acids is 1. The van der Waals surface area contributed by atoms with Crippen molar-refractivity contribution in [3.05, 3.63) is 76.4 Å². The minimum Gasteiger partial charge on any atom is -0.495 e. The average molecular weight is 690 g/mol. The highest BCUT2D eigenvalue weighted by atomic mass is 35.5. The van der Waals surface area contributed by atoms with Crippen molar-refractivity contribution in [1.82, 2.24) is 19.8 Å². The Balaban J connectivity index is 1.23. The number of hydrogen-bond acceptors (Lipinski definition) is 8. The summed E-state index contributed by atoms with van der Waals surface area (Å²) < 4.78 is 10.9. The molecule has 3 heterocycles. The van der Waals surface area contributed by atoms with Crippen LogP contribution in [0.5, 0.6) is 11.5 Å². The number of aromatic nitrogens is 2. The summed E-state index contributed by atoms with van der Waals surface area (Å²) in [5.74, 6) is 1.05. The molecule has 1 aromatic heterocycles. The first-order valence-corrected chi connectivity index (χ1v) is 17.2. The number of rotatable bonds is 12. The van der Waals surface area contributed by atoms with Gasteiger partial charge in [0, 0.05) is 42.3 Å². The second-order valence-electron chi connectivity index (χ2n) is 12.5. The van der Waals surface area contributed by atoms with Gasteiger partial charge in [0.05, 0.1) is 41.2 Å². The summed E-state index contributed by atoms with van der Waals surface area (Å²) in [7, 11) is 3.09. The molecule has 9 nitrogen and oxygen atoms in total. The molecule has 4 aromatic rings. The summed E-state index contributed by atoms with van der Waals surface area (Å²) >= 11 is 13.4. The van der Waals surface area contributed by atoms with Crippen molar-refractivity contribution in [3.63, 3.8) is 0 Å². The molecule has 2 aliphatic heterocycles. The fourth-order valence-corrected chi connectivity index (χ4v) is 7.61. The molecule has 48 heavy (non-hydrogen) atoms. The Labute approximate surface area is 292 Å². The molecule has 0 aliphatic carbocycles. The quantitative estimate of drug-likeness (QED) is 0.145. The van der Waals surface area contributed by atoms with Gasteiger partial charge in [0.1, 0.15) is 11.5 Å². The third-order valence-electron chi connectivity index (χ3n) is 9.37. The summed E-state index contributed by atoms with van der Waals surface area (Å²) in [6.07, 6.45) is 9.09. The van der Waals surface area contributed by atoms with E-state index in [0.29, 0.717) is 44.8 Å². The summed E-state index contributed by atoms with van der Waals surface area (Å²) in [6.45, 7) is 11.5. The van der Waals surface area contributed by atoms with Crippen LogP contribution in [0.1, 0.15) is 36.8 Å². The van der Waals surface area contributed by atoms with Crippen LogP contribution in [-0.4, -0.2) is 78.7 Å². The van der Waals surface area contributed by atoms with E-state index in [1.54, 1.807) is 26.5 Å². The number of nitrogens with one attached hydrogen (secondary N) is 2. The number of anilines is 3. The molecule has 0 saturated carbocycles. The fourth-order valence-electron chi connectivity index (χ4n) is 6.89. The van der Waals surface area contributed by atoms with Gasteiger partial charge >= 0.3 is 0 Å². The Hall–Kier alpha value is -3.89. The van der Waals surface area contributed by atoms with Crippen molar-refractivity contribution >= 4 is 57.3 Å². The number of amides is 1. The zero-order valence-electron chi connectivity index (χ0n) is 27.7. The number of ether oxygens (including phenoxy) is 2. The largest absolute Gasteiger partial charge is 0.495 e. The maximum Gasteiger partial charge on any atom is 0.247 e. The van der Waals surface area contributed by atoms with E-state index in [1.807, 2.05) is 31.2 Å². The molecule has 1 atom stereocenters. The Morgan fingerprint density at radius 1 is 1.04 bits per heavy atom. The number of fused-ring (bicyclic) bond motifs is 1. The van der Waals surface area contributed by atoms with Crippen LogP contribution in [-0.2, 0) is 11.2 Å². The minimum absolute atomic E-state index is 0.279. The molecule has 2 saturated heterocycles. The number of likely N-dealkylation sites (tertiary alicyclic amines) is 2. The number of benzene rings is 3. The topological polar surface area (TPSA) is 91.9 Å². The van der Waals surface area contributed by atoms with E-state index in [0.717, 1.165) is 47.2 Å². The third-order valence-corrected chi connectivity index (χ3v) is 10.1. The smallest absolute Gasteiger partial charge is 0.247 e. The lowest BCUT2D eigenvalue weighted by Crippen LogP contribution is -2.40. The number of carbonyl (C=O) groups is 1. The monoisotopic (exact) mass is 688 g/mol. The molecular formula is C37H42Cl2N6O3. The number of halogens is 2. The van der Waals surface area contributed by atoms with Crippen molar-refractivity contribution in [1.29, 1.82) is 0 Å². The van der Waals surface area contributed by atoms with Gasteiger partial charge in [-0.25, -0.2) is 9.97 Å². The number of aryl methyl sites for hydroxylation is 1. The fraction of sp³-hybridized carbons (Fsp3) is 0.378. The second-order valence-corrected chi connectivity index (χ2v) is 13.3. The van der Waals surface area contributed by atoms with E-state index in [-0.39, 0.29) is 5.91 Å². The van der Waals surface area contributed by atoms with Gasteiger partial charge < -0.3 is 25.0 Å². The molecule has 2 N–H and O–H groups in total. The van der Waals surface area contributed by atoms with Crippen LogP contribution in [0.4, 0.5) is 17.3 Å². The number of methoxy groups -OCH3 is 2. The Morgan fingerprint density at radius 2 is 1.79 bits per heavy atom.